The van der Waals surface area contributed by atoms with Gasteiger partial charge in [0.15, 0.2) is 16.6 Å². The summed E-state index contributed by atoms with van der Waals surface area (Å²) in [6.07, 6.45) is 2.02. The fraction of sp³-hybridized carbons (Fsp3) is 0.444. The van der Waals surface area contributed by atoms with E-state index in [0.29, 0.717) is 47.8 Å². The second kappa shape index (κ2) is 10.3. The summed E-state index contributed by atoms with van der Waals surface area (Å²) in [5.41, 5.74) is 1.39. The van der Waals surface area contributed by atoms with Crippen LogP contribution in [0.1, 0.15) is 36.8 Å². The van der Waals surface area contributed by atoms with E-state index in [1.807, 2.05) is 32.4 Å². The minimum absolute atomic E-state index is 0.264. The zero-order valence-electron chi connectivity index (χ0n) is 15.5. The highest BCUT2D eigenvalue weighted by molar-refractivity contribution is 7.97. The highest BCUT2D eigenvalue weighted by Gasteiger charge is 2.19. The summed E-state index contributed by atoms with van der Waals surface area (Å²) in [4.78, 5) is 17.1. The maximum absolute atomic E-state index is 12.7. The van der Waals surface area contributed by atoms with Crippen LogP contribution in [0.15, 0.2) is 17.5 Å². The summed E-state index contributed by atoms with van der Waals surface area (Å²) in [5.74, 6) is 2.06. The third-order valence-electron chi connectivity index (χ3n) is 3.24. The maximum Gasteiger partial charge on any atom is 0.257 e. The van der Waals surface area contributed by atoms with E-state index < -0.39 is 0 Å². The number of aromatic nitrogens is 1. The first-order chi connectivity index (χ1) is 12.6. The SMILES string of the molecule is CCOc1cc(C(=O)Nc2nc(CSC)cs2)cc(OCC)c1OCC. The topological polar surface area (TPSA) is 69.7 Å². The largest absolute Gasteiger partial charge is 0.490 e. The van der Waals surface area contributed by atoms with Gasteiger partial charge in [-0.3, -0.25) is 10.1 Å². The van der Waals surface area contributed by atoms with Crippen LogP contribution < -0.4 is 19.5 Å². The summed E-state index contributed by atoms with van der Waals surface area (Å²) >= 11 is 3.10. The number of hydrogen-bond acceptors (Lipinski definition) is 7. The molecule has 1 aromatic carbocycles. The van der Waals surface area contributed by atoms with Crippen molar-refractivity contribution in [1.29, 1.82) is 0 Å². The van der Waals surface area contributed by atoms with Crippen molar-refractivity contribution in [1.82, 2.24) is 4.98 Å². The first kappa shape index (κ1) is 20.4. The molecule has 0 aliphatic carbocycles. The quantitative estimate of drug-likeness (QED) is 0.640. The zero-order chi connectivity index (χ0) is 18.9. The Balaban J connectivity index is 2.29. The lowest BCUT2D eigenvalue weighted by atomic mass is 10.1. The second-order valence-corrected chi connectivity index (χ2v) is 6.86. The zero-order valence-corrected chi connectivity index (χ0v) is 17.1. The smallest absolute Gasteiger partial charge is 0.257 e. The van der Waals surface area contributed by atoms with Gasteiger partial charge in [0.25, 0.3) is 5.91 Å². The van der Waals surface area contributed by atoms with Crippen molar-refractivity contribution in [2.24, 2.45) is 0 Å². The molecular weight excluding hydrogens is 372 g/mol. The Kier molecular flexibility index (Phi) is 8.06. The number of hydrogen-bond donors (Lipinski definition) is 1. The molecule has 0 unspecified atom stereocenters. The standard InChI is InChI=1S/C18H24N2O4S2/c1-5-22-14-8-12(9-15(23-6-2)16(14)24-7-3)17(21)20-18-19-13(10-25-4)11-26-18/h8-9,11H,5-7,10H2,1-4H3,(H,19,20,21). The molecule has 0 radical (unpaired) electrons. The number of nitrogens with one attached hydrogen (secondary N) is 1. The molecule has 2 aromatic rings. The molecule has 0 aliphatic heterocycles. The summed E-state index contributed by atoms with van der Waals surface area (Å²) in [7, 11) is 0. The first-order valence-corrected chi connectivity index (χ1v) is 10.7. The van der Waals surface area contributed by atoms with Crippen LogP contribution >= 0.6 is 23.1 Å². The van der Waals surface area contributed by atoms with Crippen molar-refractivity contribution in [3.05, 3.63) is 28.8 Å². The molecular formula is C18H24N2O4S2. The van der Waals surface area contributed by atoms with Crippen LogP contribution in [-0.4, -0.2) is 37.0 Å². The number of thiazole rings is 1. The van der Waals surface area contributed by atoms with Gasteiger partial charge in [-0.1, -0.05) is 0 Å². The fourth-order valence-corrected chi connectivity index (χ4v) is 3.52. The molecule has 142 valence electrons. The van der Waals surface area contributed by atoms with E-state index >= 15 is 0 Å². The number of thioether (sulfide) groups is 1. The Morgan fingerprint density at radius 2 is 1.73 bits per heavy atom. The van der Waals surface area contributed by atoms with Crippen LogP contribution in [-0.2, 0) is 5.75 Å². The number of rotatable bonds is 10. The van der Waals surface area contributed by atoms with E-state index in [1.165, 1.54) is 11.3 Å². The Labute approximate surface area is 162 Å². The molecule has 1 amide bonds. The van der Waals surface area contributed by atoms with E-state index in [0.717, 1.165) is 11.4 Å². The van der Waals surface area contributed by atoms with Gasteiger partial charge in [-0.25, -0.2) is 4.98 Å². The van der Waals surface area contributed by atoms with Gasteiger partial charge in [0.1, 0.15) is 0 Å². The van der Waals surface area contributed by atoms with Gasteiger partial charge in [-0.2, -0.15) is 11.8 Å². The normalized spacial score (nSPS) is 10.5. The molecule has 0 saturated heterocycles. The molecule has 0 saturated carbocycles. The number of benzene rings is 1. The lowest BCUT2D eigenvalue weighted by Gasteiger charge is -2.16. The minimum Gasteiger partial charge on any atom is -0.490 e. The molecule has 0 spiro atoms. The van der Waals surface area contributed by atoms with Crippen LogP contribution in [0, 0.1) is 0 Å². The molecule has 1 N–H and O–H groups in total. The van der Waals surface area contributed by atoms with Crippen molar-refractivity contribution in [3.8, 4) is 17.2 Å². The Morgan fingerprint density at radius 1 is 1.12 bits per heavy atom. The van der Waals surface area contributed by atoms with Crippen LogP contribution in [0.2, 0.25) is 0 Å². The van der Waals surface area contributed by atoms with Gasteiger partial charge in [-0.05, 0) is 39.2 Å². The lowest BCUT2D eigenvalue weighted by Crippen LogP contribution is -2.13. The molecule has 1 aromatic heterocycles. The monoisotopic (exact) mass is 396 g/mol. The molecule has 0 atom stereocenters. The van der Waals surface area contributed by atoms with Gasteiger partial charge < -0.3 is 14.2 Å². The van der Waals surface area contributed by atoms with Gasteiger partial charge in [-0.15, -0.1) is 11.3 Å². The van der Waals surface area contributed by atoms with Crippen molar-refractivity contribution >= 4 is 34.1 Å². The summed E-state index contributed by atoms with van der Waals surface area (Å²) < 4.78 is 17.0. The maximum atomic E-state index is 12.7. The highest BCUT2D eigenvalue weighted by atomic mass is 32.2. The average Bonchev–Trinajstić information content (AvgIpc) is 3.05. The number of carbonyl (C=O) groups is 1. The molecule has 26 heavy (non-hydrogen) atoms. The molecule has 1 heterocycles. The van der Waals surface area contributed by atoms with E-state index in [1.54, 1.807) is 23.9 Å². The highest BCUT2D eigenvalue weighted by Crippen LogP contribution is 2.39. The lowest BCUT2D eigenvalue weighted by molar-refractivity contribution is 0.102. The molecule has 0 aliphatic rings. The molecule has 2 rings (SSSR count). The second-order valence-electron chi connectivity index (χ2n) is 5.13. The van der Waals surface area contributed by atoms with Crippen molar-refractivity contribution in [2.75, 3.05) is 31.4 Å². The number of anilines is 1. The number of ether oxygens (including phenoxy) is 3. The fourth-order valence-electron chi connectivity index (χ4n) is 2.27. The third kappa shape index (κ3) is 5.28. The van der Waals surface area contributed by atoms with E-state index in [4.69, 9.17) is 14.2 Å². The summed E-state index contributed by atoms with van der Waals surface area (Å²) in [6, 6.07) is 3.34. The van der Waals surface area contributed by atoms with Gasteiger partial charge >= 0.3 is 0 Å². The first-order valence-electron chi connectivity index (χ1n) is 8.43. The molecule has 8 heteroatoms. The van der Waals surface area contributed by atoms with E-state index in [-0.39, 0.29) is 5.91 Å². The van der Waals surface area contributed by atoms with Crippen LogP contribution in [0.25, 0.3) is 0 Å². The number of carbonyl (C=O) groups excluding carboxylic acids is 1. The summed E-state index contributed by atoms with van der Waals surface area (Å²) in [6.45, 7) is 7.05. The predicted molar refractivity (Wildman–Crippen MR) is 107 cm³/mol. The Morgan fingerprint density at radius 3 is 2.27 bits per heavy atom. The molecule has 0 bridgehead atoms. The number of amides is 1. The van der Waals surface area contributed by atoms with Gasteiger partial charge in [0, 0.05) is 16.7 Å². The average molecular weight is 397 g/mol. The van der Waals surface area contributed by atoms with E-state index in [2.05, 4.69) is 10.3 Å². The molecule has 0 fully saturated rings. The van der Waals surface area contributed by atoms with Crippen LogP contribution in [0.4, 0.5) is 5.13 Å². The predicted octanol–water partition coefficient (Wildman–Crippen LogP) is 4.45. The minimum atomic E-state index is -0.264. The third-order valence-corrected chi connectivity index (χ3v) is 4.63. The summed E-state index contributed by atoms with van der Waals surface area (Å²) in [5, 5.41) is 5.35. The van der Waals surface area contributed by atoms with Gasteiger partial charge in [0.2, 0.25) is 5.75 Å². The van der Waals surface area contributed by atoms with Crippen LogP contribution in [0.5, 0.6) is 17.2 Å². The van der Waals surface area contributed by atoms with Crippen molar-refractivity contribution in [3.63, 3.8) is 0 Å². The number of nitrogens with zero attached hydrogens (tertiary/aromatic N) is 1. The Bertz CT molecular complexity index is 707. The van der Waals surface area contributed by atoms with Crippen molar-refractivity contribution < 1.29 is 19.0 Å². The van der Waals surface area contributed by atoms with Crippen molar-refractivity contribution in [2.45, 2.75) is 26.5 Å². The van der Waals surface area contributed by atoms with Gasteiger partial charge in [0.05, 0.1) is 25.5 Å². The van der Waals surface area contributed by atoms with E-state index in [9.17, 15) is 4.79 Å². The molecule has 6 nitrogen and oxygen atoms in total. The Hall–Kier alpha value is -1.93. The van der Waals surface area contributed by atoms with Crippen LogP contribution in [0.3, 0.4) is 0 Å².